The van der Waals surface area contributed by atoms with Crippen molar-refractivity contribution in [2.45, 2.75) is 37.9 Å². The van der Waals surface area contributed by atoms with E-state index in [4.69, 9.17) is 0 Å². The first kappa shape index (κ1) is 12.9. The van der Waals surface area contributed by atoms with Crippen LogP contribution in [0.4, 0.5) is 0 Å². The molecule has 0 aromatic heterocycles. The van der Waals surface area contributed by atoms with Crippen molar-refractivity contribution >= 4 is 12.4 Å². The summed E-state index contributed by atoms with van der Waals surface area (Å²) in [4.78, 5) is 2.52. The third-order valence-corrected chi connectivity index (χ3v) is 4.28. The molecule has 1 aromatic rings. The minimum atomic E-state index is 0. The first-order chi connectivity index (χ1) is 7.88. The van der Waals surface area contributed by atoms with Gasteiger partial charge in [0, 0.05) is 18.6 Å². The molecule has 0 spiro atoms. The molecule has 0 amide bonds. The molecule has 1 heterocycles. The highest BCUT2D eigenvalue weighted by Gasteiger charge is 2.44. The highest BCUT2D eigenvalue weighted by molar-refractivity contribution is 5.85. The Hall–Kier alpha value is -0.570. The molecule has 1 aliphatic heterocycles. The summed E-state index contributed by atoms with van der Waals surface area (Å²) in [7, 11) is 0. The molecule has 1 saturated heterocycles. The number of fused-ring (bicyclic) bond motifs is 2. The molecule has 1 aliphatic carbocycles. The van der Waals surface area contributed by atoms with E-state index in [1.54, 1.807) is 0 Å². The molecule has 3 atom stereocenters. The van der Waals surface area contributed by atoms with E-state index in [1.807, 2.05) is 0 Å². The lowest BCUT2D eigenvalue weighted by molar-refractivity contribution is 0.0779. The summed E-state index contributed by atoms with van der Waals surface area (Å²) in [5.74, 6) is 0.749. The van der Waals surface area contributed by atoms with Crippen LogP contribution in [0.25, 0.3) is 0 Å². The van der Waals surface area contributed by atoms with Gasteiger partial charge in [-0.05, 0) is 30.7 Å². The van der Waals surface area contributed by atoms with Crippen molar-refractivity contribution in [3.63, 3.8) is 0 Å². The van der Waals surface area contributed by atoms with Crippen LogP contribution in [0, 0.1) is 5.92 Å². The third kappa shape index (κ3) is 2.35. The van der Waals surface area contributed by atoms with Gasteiger partial charge in [0.1, 0.15) is 0 Å². The second-order valence-electron chi connectivity index (χ2n) is 5.13. The normalized spacial score (nSPS) is 31.5. The summed E-state index contributed by atoms with van der Waals surface area (Å²) in [6.45, 7) is 1.33. The Morgan fingerprint density at radius 3 is 2.65 bits per heavy atom. The van der Waals surface area contributed by atoms with Crippen LogP contribution in [-0.2, 0) is 6.54 Å². The minimum absolute atomic E-state index is 0. The number of benzene rings is 1. The van der Waals surface area contributed by atoms with Crippen LogP contribution in [0.15, 0.2) is 30.3 Å². The van der Waals surface area contributed by atoms with E-state index in [-0.39, 0.29) is 12.4 Å². The zero-order chi connectivity index (χ0) is 11.0. The van der Waals surface area contributed by atoms with Gasteiger partial charge in [-0.1, -0.05) is 30.3 Å². The Morgan fingerprint density at radius 2 is 1.94 bits per heavy atom. The van der Waals surface area contributed by atoms with Crippen molar-refractivity contribution in [2.24, 2.45) is 5.92 Å². The number of aliphatic hydroxyl groups excluding tert-OH is 1. The monoisotopic (exact) mass is 253 g/mol. The molecular weight excluding hydrogens is 234 g/mol. The van der Waals surface area contributed by atoms with Gasteiger partial charge in [0.15, 0.2) is 0 Å². The lowest BCUT2D eigenvalue weighted by Crippen LogP contribution is -2.42. The van der Waals surface area contributed by atoms with Crippen LogP contribution >= 0.6 is 12.4 Å². The molecule has 1 N–H and O–H groups in total. The van der Waals surface area contributed by atoms with Gasteiger partial charge in [0.2, 0.25) is 0 Å². The number of nitrogens with zero attached hydrogens (tertiary/aromatic N) is 1. The predicted octanol–water partition coefficient (Wildman–Crippen LogP) is 2.45. The fourth-order valence-corrected chi connectivity index (χ4v) is 3.48. The number of likely N-dealkylation sites (tertiary alicyclic amines) is 1. The van der Waals surface area contributed by atoms with Crippen molar-refractivity contribution in [3.8, 4) is 0 Å². The Morgan fingerprint density at radius 1 is 1.18 bits per heavy atom. The zero-order valence-corrected chi connectivity index (χ0v) is 10.8. The van der Waals surface area contributed by atoms with E-state index in [1.165, 1.54) is 24.8 Å². The molecule has 3 unspecified atom stereocenters. The molecule has 3 heteroatoms. The summed E-state index contributed by atoms with van der Waals surface area (Å²) in [5.41, 5.74) is 1.37. The second-order valence-corrected chi connectivity index (χ2v) is 5.13. The topological polar surface area (TPSA) is 23.5 Å². The van der Waals surface area contributed by atoms with Gasteiger partial charge in [0.25, 0.3) is 0 Å². The standard InChI is InChI=1S/C14H19NO.ClH/c16-10-14-12-6-7-13(8-12)15(14)9-11-4-2-1-3-5-11;/h1-5,12-14,16H,6-10H2;1H. The van der Waals surface area contributed by atoms with Crippen LogP contribution < -0.4 is 0 Å². The van der Waals surface area contributed by atoms with Gasteiger partial charge < -0.3 is 5.11 Å². The molecule has 0 radical (unpaired) electrons. The fraction of sp³-hybridized carbons (Fsp3) is 0.571. The molecule has 1 aromatic carbocycles. The maximum absolute atomic E-state index is 9.49. The molecule has 17 heavy (non-hydrogen) atoms. The molecule has 2 bridgehead atoms. The van der Waals surface area contributed by atoms with E-state index in [0.29, 0.717) is 12.6 Å². The SMILES string of the molecule is Cl.OCC1C2CCC(C2)N1Cc1ccccc1. The number of piperidine rings is 1. The van der Waals surface area contributed by atoms with E-state index in [0.717, 1.165) is 18.5 Å². The largest absolute Gasteiger partial charge is 0.395 e. The molecule has 2 nitrogen and oxygen atoms in total. The molecule has 1 saturated carbocycles. The first-order valence-corrected chi connectivity index (χ1v) is 6.29. The van der Waals surface area contributed by atoms with E-state index in [9.17, 15) is 5.11 Å². The van der Waals surface area contributed by atoms with Gasteiger partial charge in [-0.2, -0.15) is 0 Å². The third-order valence-electron chi connectivity index (χ3n) is 4.28. The highest BCUT2D eigenvalue weighted by Crippen LogP contribution is 2.42. The van der Waals surface area contributed by atoms with Gasteiger partial charge in [-0.25, -0.2) is 0 Å². The van der Waals surface area contributed by atoms with Gasteiger partial charge in [-0.15, -0.1) is 12.4 Å². The second kappa shape index (κ2) is 5.38. The number of halogens is 1. The van der Waals surface area contributed by atoms with Crippen LogP contribution in [0.3, 0.4) is 0 Å². The first-order valence-electron chi connectivity index (χ1n) is 6.29. The van der Waals surface area contributed by atoms with Crippen LogP contribution in [-0.4, -0.2) is 28.7 Å². The Labute approximate surface area is 109 Å². The average Bonchev–Trinajstić information content (AvgIpc) is 2.91. The van der Waals surface area contributed by atoms with Crippen molar-refractivity contribution in [3.05, 3.63) is 35.9 Å². The average molecular weight is 254 g/mol. The lowest BCUT2D eigenvalue weighted by atomic mass is 9.99. The number of hydrogen-bond donors (Lipinski definition) is 1. The summed E-state index contributed by atoms with van der Waals surface area (Å²) in [6, 6.07) is 11.8. The molecule has 2 fully saturated rings. The number of rotatable bonds is 3. The number of hydrogen-bond acceptors (Lipinski definition) is 2. The summed E-state index contributed by atoms with van der Waals surface area (Å²) < 4.78 is 0. The van der Waals surface area contributed by atoms with Crippen LogP contribution in [0.1, 0.15) is 24.8 Å². The summed E-state index contributed by atoms with van der Waals surface area (Å²) >= 11 is 0. The maximum Gasteiger partial charge on any atom is 0.0589 e. The van der Waals surface area contributed by atoms with E-state index < -0.39 is 0 Å². The molecule has 2 aliphatic rings. The van der Waals surface area contributed by atoms with Crippen molar-refractivity contribution < 1.29 is 5.11 Å². The highest BCUT2D eigenvalue weighted by atomic mass is 35.5. The van der Waals surface area contributed by atoms with Gasteiger partial charge in [-0.3, -0.25) is 4.90 Å². The van der Waals surface area contributed by atoms with Crippen molar-refractivity contribution in [1.82, 2.24) is 4.90 Å². The van der Waals surface area contributed by atoms with Gasteiger partial charge >= 0.3 is 0 Å². The van der Waals surface area contributed by atoms with Crippen molar-refractivity contribution in [2.75, 3.05) is 6.61 Å². The Bertz CT molecular complexity index is 356. The van der Waals surface area contributed by atoms with Gasteiger partial charge in [0.05, 0.1) is 6.61 Å². The van der Waals surface area contributed by atoms with E-state index in [2.05, 4.69) is 35.2 Å². The molecule has 3 rings (SSSR count). The summed E-state index contributed by atoms with van der Waals surface area (Å²) in [5, 5.41) is 9.49. The van der Waals surface area contributed by atoms with E-state index >= 15 is 0 Å². The van der Waals surface area contributed by atoms with Crippen molar-refractivity contribution in [1.29, 1.82) is 0 Å². The quantitative estimate of drug-likeness (QED) is 0.895. The predicted molar refractivity (Wildman–Crippen MR) is 71.2 cm³/mol. The Kier molecular flexibility index (Phi) is 4.08. The molecule has 94 valence electrons. The fourth-order valence-electron chi connectivity index (χ4n) is 3.48. The lowest BCUT2D eigenvalue weighted by Gasteiger charge is -2.34. The Balaban J connectivity index is 0.00000108. The maximum atomic E-state index is 9.49. The number of aliphatic hydroxyl groups is 1. The zero-order valence-electron chi connectivity index (χ0n) is 9.96. The summed E-state index contributed by atoms with van der Waals surface area (Å²) in [6.07, 6.45) is 3.95. The van der Waals surface area contributed by atoms with Crippen LogP contribution in [0.5, 0.6) is 0 Å². The molecular formula is C14H20ClNO. The minimum Gasteiger partial charge on any atom is -0.395 e. The smallest absolute Gasteiger partial charge is 0.0589 e. The van der Waals surface area contributed by atoms with Crippen LogP contribution in [0.2, 0.25) is 0 Å².